The van der Waals surface area contributed by atoms with Crippen LogP contribution in [0.5, 0.6) is 0 Å². The molecule has 1 aliphatic heterocycles. The number of piperidine rings is 1. The third-order valence-electron chi connectivity index (χ3n) is 3.85. The van der Waals surface area contributed by atoms with Crippen molar-refractivity contribution in [2.45, 2.75) is 51.7 Å². The summed E-state index contributed by atoms with van der Waals surface area (Å²) >= 11 is 0. The SMILES string of the molecule is C[C@@H]1CNC[C@](Cc2ccccc2)(NC(=O)OC(C)(C)C)C1. The molecular weight excluding hydrogens is 276 g/mol. The van der Waals surface area contributed by atoms with Gasteiger partial charge in [0.1, 0.15) is 5.60 Å². The second-order valence-electron chi connectivity index (χ2n) is 7.51. The molecule has 0 spiro atoms. The van der Waals surface area contributed by atoms with Crippen molar-refractivity contribution in [3.8, 4) is 0 Å². The van der Waals surface area contributed by atoms with Crippen LogP contribution in [0.15, 0.2) is 30.3 Å². The highest BCUT2D eigenvalue weighted by molar-refractivity contribution is 5.69. The lowest BCUT2D eigenvalue weighted by atomic mass is 9.80. The summed E-state index contributed by atoms with van der Waals surface area (Å²) in [5.74, 6) is 0.521. The van der Waals surface area contributed by atoms with Gasteiger partial charge in [-0.15, -0.1) is 0 Å². The van der Waals surface area contributed by atoms with Gasteiger partial charge >= 0.3 is 6.09 Å². The summed E-state index contributed by atoms with van der Waals surface area (Å²) in [6.07, 6.45) is 1.43. The van der Waals surface area contributed by atoms with Crippen LogP contribution in [0, 0.1) is 5.92 Å². The third kappa shape index (κ3) is 5.02. The van der Waals surface area contributed by atoms with Crippen LogP contribution in [0.1, 0.15) is 39.7 Å². The van der Waals surface area contributed by atoms with E-state index in [2.05, 4.69) is 29.7 Å². The van der Waals surface area contributed by atoms with Gasteiger partial charge in [0.15, 0.2) is 0 Å². The summed E-state index contributed by atoms with van der Waals surface area (Å²) in [6, 6.07) is 10.3. The first-order valence-corrected chi connectivity index (χ1v) is 8.04. The van der Waals surface area contributed by atoms with E-state index in [1.165, 1.54) is 5.56 Å². The Balaban J connectivity index is 2.13. The fourth-order valence-electron chi connectivity index (χ4n) is 3.15. The quantitative estimate of drug-likeness (QED) is 0.902. The van der Waals surface area contributed by atoms with Gasteiger partial charge in [-0.25, -0.2) is 4.79 Å². The number of ether oxygens (including phenoxy) is 1. The van der Waals surface area contributed by atoms with Crippen molar-refractivity contribution in [2.75, 3.05) is 13.1 Å². The van der Waals surface area contributed by atoms with Crippen molar-refractivity contribution in [1.29, 1.82) is 0 Å². The van der Waals surface area contributed by atoms with Crippen molar-refractivity contribution in [1.82, 2.24) is 10.6 Å². The smallest absolute Gasteiger partial charge is 0.408 e. The summed E-state index contributed by atoms with van der Waals surface area (Å²) in [6.45, 7) is 9.63. The van der Waals surface area contributed by atoms with Gasteiger partial charge in [-0.3, -0.25) is 0 Å². The minimum Gasteiger partial charge on any atom is -0.444 e. The summed E-state index contributed by atoms with van der Waals surface area (Å²) < 4.78 is 5.46. The topological polar surface area (TPSA) is 50.4 Å². The fraction of sp³-hybridized carbons (Fsp3) is 0.611. The van der Waals surface area contributed by atoms with E-state index in [0.29, 0.717) is 5.92 Å². The lowest BCUT2D eigenvalue weighted by Crippen LogP contribution is -2.61. The minimum absolute atomic E-state index is 0.290. The van der Waals surface area contributed by atoms with Gasteiger partial charge in [0.05, 0.1) is 5.54 Å². The monoisotopic (exact) mass is 304 g/mol. The second kappa shape index (κ2) is 6.69. The number of carbonyl (C=O) groups is 1. The van der Waals surface area contributed by atoms with E-state index in [1.54, 1.807) is 0 Å². The molecule has 2 N–H and O–H groups in total. The third-order valence-corrected chi connectivity index (χ3v) is 3.85. The molecule has 0 radical (unpaired) electrons. The van der Waals surface area contributed by atoms with Crippen LogP contribution in [0.2, 0.25) is 0 Å². The van der Waals surface area contributed by atoms with Gasteiger partial charge in [0.25, 0.3) is 0 Å². The van der Waals surface area contributed by atoms with Crippen LogP contribution >= 0.6 is 0 Å². The first-order valence-electron chi connectivity index (χ1n) is 8.04. The molecule has 0 unspecified atom stereocenters. The van der Waals surface area contributed by atoms with E-state index in [0.717, 1.165) is 25.9 Å². The van der Waals surface area contributed by atoms with Crippen LogP contribution in [0.25, 0.3) is 0 Å². The van der Waals surface area contributed by atoms with Gasteiger partial charge < -0.3 is 15.4 Å². The predicted octanol–water partition coefficient (Wildman–Crippen LogP) is 3.12. The highest BCUT2D eigenvalue weighted by Crippen LogP contribution is 2.25. The maximum absolute atomic E-state index is 12.3. The first kappa shape index (κ1) is 16.8. The number of hydrogen-bond donors (Lipinski definition) is 2. The molecule has 1 aromatic carbocycles. The number of rotatable bonds is 3. The van der Waals surface area contributed by atoms with E-state index in [9.17, 15) is 4.79 Å². The van der Waals surface area contributed by atoms with Crippen LogP contribution in [0.3, 0.4) is 0 Å². The molecule has 0 saturated carbocycles. The van der Waals surface area contributed by atoms with Crippen LogP contribution in [-0.2, 0) is 11.2 Å². The molecule has 1 amide bonds. The van der Waals surface area contributed by atoms with E-state index in [4.69, 9.17) is 4.74 Å². The molecule has 2 atom stereocenters. The molecule has 0 aliphatic carbocycles. The molecule has 4 nitrogen and oxygen atoms in total. The Labute approximate surface area is 133 Å². The van der Waals surface area contributed by atoms with E-state index in [-0.39, 0.29) is 11.6 Å². The normalized spacial score (nSPS) is 25.5. The van der Waals surface area contributed by atoms with Crippen LogP contribution < -0.4 is 10.6 Å². The number of carbonyl (C=O) groups excluding carboxylic acids is 1. The number of amides is 1. The lowest BCUT2D eigenvalue weighted by molar-refractivity contribution is 0.0418. The Bertz CT molecular complexity index is 496. The summed E-state index contributed by atoms with van der Waals surface area (Å²) in [7, 11) is 0. The Morgan fingerprint density at radius 2 is 2.05 bits per heavy atom. The summed E-state index contributed by atoms with van der Waals surface area (Å²) in [5.41, 5.74) is 0.460. The zero-order valence-corrected chi connectivity index (χ0v) is 14.1. The van der Waals surface area contributed by atoms with E-state index in [1.807, 2.05) is 39.0 Å². The highest BCUT2D eigenvalue weighted by Gasteiger charge is 2.37. The molecule has 1 saturated heterocycles. The second-order valence-corrected chi connectivity index (χ2v) is 7.51. The number of nitrogens with one attached hydrogen (secondary N) is 2. The largest absolute Gasteiger partial charge is 0.444 e. The van der Waals surface area contributed by atoms with Gasteiger partial charge in [-0.1, -0.05) is 37.3 Å². The van der Waals surface area contributed by atoms with Crippen molar-refractivity contribution in [3.63, 3.8) is 0 Å². The molecule has 1 fully saturated rings. The van der Waals surface area contributed by atoms with Gasteiger partial charge in [0, 0.05) is 6.54 Å². The molecule has 0 bridgehead atoms. The van der Waals surface area contributed by atoms with E-state index >= 15 is 0 Å². The molecule has 1 aliphatic rings. The Morgan fingerprint density at radius 1 is 1.36 bits per heavy atom. The van der Waals surface area contributed by atoms with Gasteiger partial charge in [0.2, 0.25) is 0 Å². The average molecular weight is 304 g/mol. The highest BCUT2D eigenvalue weighted by atomic mass is 16.6. The number of benzene rings is 1. The van der Waals surface area contributed by atoms with Crippen molar-refractivity contribution < 1.29 is 9.53 Å². The molecule has 122 valence electrons. The summed E-state index contributed by atoms with van der Waals surface area (Å²) in [5, 5.41) is 6.59. The zero-order valence-electron chi connectivity index (χ0n) is 14.1. The lowest BCUT2D eigenvalue weighted by Gasteiger charge is -2.41. The van der Waals surface area contributed by atoms with Crippen LogP contribution in [-0.4, -0.2) is 30.3 Å². The predicted molar refractivity (Wildman–Crippen MR) is 88.9 cm³/mol. The Morgan fingerprint density at radius 3 is 2.64 bits per heavy atom. The fourth-order valence-corrected chi connectivity index (χ4v) is 3.15. The van der Waals surface area contributed by atoms with Gasteiger partial charge in [-0.2, -0.15) is 0 Å². The maximum Gasteiger partial charge on any atom is 0.408 e. The minimum atomic E-state index is -0.480. The molecule has 22 heavy (non-hydrogen) atoms. The average Bonchev–Trinajstić information content (AvgIpc) is 2.36. The molecule has 2 rings (SSSR count). The molecule has 0 aromatic heterocycles. The van der Waals surface area contributed by atoms with Gasteiger partial charge in [-0.05, 0) is 51.6 Å². The molecular formula is C18H28N2O2. The van der Waals surface area contributed by atoms with Crippen LogP contribution in [0.4, 0.5) is 4.79 Å². The van der Waals surface area contributed by atoms with Crippen molar-refractivity contribution in [2.24, 2.45) is 5.92 Å². The number of alkyl carbamates (subject to hydrolysis) is 1. The number of hydrogen-bond acceptors (Lipinski definition) is 3. The van der Waals surface area contributed by atoms with Crippen molar-refractivity contribution in [3.05, 3.63) is 35.9 Å². The Kier molecular flexibility index (Phi) is 5.12. The zero-order chi connectivity index (χ0) is 16.2. The maximum atomic E-state index is 12.3. The molecule has 1 heterocycles. The molecule has 1 aromatic rings. The van der Waals surface area contributed by atoms with E-state index < -0.39 is 5.60 Å². The first-order chi connectivity index (χ1) is 10.3. The standard InChI is InChI=1S/C18H28N2O2/c1-14-10-18(13-19-12-14,11-15-8-6-5-7-9-15)20-16(21)22-17(2,3)4/h5-9,14,19H,10-13H2,1-4H3,(H,20,21)/t14-,18-/m0/s1. The Hall–Kier alpha value is -1.55. The van der Waals surface area contributed by atoms with Crippen molar-refractivity contribution >= 4 is 6.09 Å². The molecule has 4 heteroatoms. The summed E-state index contributed by atoms with van der Waals surface area (Å²) in [4.78, 5) is 12.3.